The van der Waals surface area contributed by atoms with Crippen molar-refractivity contribution in [3.63, 3.8) is 0 Å². The Kier molecular flexibility index (Phi) is 3.95. The molecule has 1 aromatic carbocycles. The first kappa shape index (κ1) is 13.8. The van der Waals surface area contributed by atoms with Gasteiger partial charge < -0.3 is 5.32 Å². The molecule has 1 aliphatic heterocycles. The number of hydrogen-bond acceptors (Lipinski definition) is 2. The van der Waals surface area contributed by atoms with Crippen molar-refractivity contribution in [1.29, 1.82) is 0 Å². The highest BCUT2D eigenvalue weighted by molar-refractivity contribution is 6.31. The molecule has 1 fully saturated rings. The van der Waals surface area contributed by atoms with Gasteiger partial charge in [0.2, 0.25) is 0 Å². The minimum absolute atomic E-state index is 0.105. The molecule has 0 radical (unpaired) electrons. The molecule has 0 unspecified atom stereocenters. The van der Waals surface area contributed by atoms with E-state index in [0.717, 1.165) is 25.2 Å². The van der Waals surface area contributed by atoms with Crippen LogP contribution >= 0.6 is 11.6 Å². The lowest BCUT2D eigenvalue weighted by atomic mass is 10.0. The second-order valence-corrected chi connectivity index (χ2v) is 6.12. The lowest BCUT2D eigenvalue weighted by Gasteiger charge is -2.39. The van der Waals surface area contributed by atoms with E-state index in [0.29, 0.717) is 17.1 Å². The Morgan fingerprint density at radius 2 is 2.17 bits per heavy atom. The van der Waals surface area contributed by atoms with Crippen LogP contribution in [0.3, 0.4) is 0 Å². The zero-order valence-corrected chi connectivity index (χ0v) is 11.9. The van der Waals surface area contributed by atoms with Crippen molar-refractivity contribution in [3.8, 4) is 0 Å². The minimum atomic E-state index is -0.177. The summed E-state index contributed by atoms with van der Waals surface area (Å²) >= 11 is 6.18. The second-order valence-electron chi connectivity index (χ2n) is 5.71. The monoisotopic (exact) mass is 270 g/mol. The smallest absolute Gasteiger partial charge is 0.126 e. The van der Waals surface area contributed by atoms with Crippen molar-refractivity contribution < 1.29 is 4.39 Å². The van der Waals surface area contributed by atoms with Gasteiger partial charge in [-0.3, -0.25) is 4.90 Å². The molecular weight excluding hydrogens is 251 g/mol. The van der Waals surface area contributed by atoms with E-state index in [9.17, 15) is 4.39 Å². The third kappa shape index (κ3) is 3.22. The van der Waals surface area contributed by atoms with Crippen molar-refractivity contribution in [2.24, 2.45) is 0 Å². The number of rotatable bonds is 2. The Balaban J connectivity index is 2.12. The van der Waals surface area contributed by atoms with Crippen LogP contribution in [0.2, 0.25) is 5.02 Å². The fraction of sp³-hybridized carbons (Fsp3) is 0.571. The zero-order chi connectivity index (χ0) is 13.3. The molecule has 1 N–H and O–H groups in total. The Morgan fingerprint density at radius 3 is 2.83 bits per heavy atom. The summed E-state index contributed by atoms with van der Waals surface area (Å²) in [5.41, 5.74) is 1.58. The molecular formula is C14H20ClFN2. The molecule has 2 rings (SSSR count). The molecule has 0 bridgehead atoms. The Labute approximate surface area is 113 Å². The van der Waals surface area contributed by atoms with Gasteiger partial charge in [-0.2, -0.15) is 0 Å². The van der Waals surface area contributed by atoms with Crippen molar-refractivity contribution in [3.05, 3.63) is 34.1 Å². The molecule has 0 atom stereocenters. The third-order valence-corrected chi connectivity index (χ3v) is 3.72. The Bertz CT molecular complexity index is 446. The molecule has 0 spiro atoms. The van der Waals surface area contributed by atoms with E-state index >= 15 is 0 Å². The lowest BCUT2D eigenvalue weighted by Crippen LogP contribution is -2.56. The van der Waals surface area contributed by atoms with E-state index in [4.69, 9.17) is 11.6 Å². The van der Waals surface area contributed by atoms with E-state index in [1.54, 1.807) is 19.1 Å². The van der Waals surface area contributed by atoms with Gasteiger partial charge in [-0.05, 0) is 44.0 Å². The highest BCUT2D eigenvalue weighted by Crippen LogP contribution is 2.23. The molecule has 1 aromatic rings. The summed E-state index contributed by atoms with van der Waals surface area (Å²) < 4.78 is 13.6. The molecule has 4 heteroatoms. The molecule has 0 saturated carbocycles. The summed E-state index contributed by atoms with van der Waals surface area (Å²) in [5.74, 6) is -0.177. The van der Waals surface area contributed by atoms with Crippen LogP contribution in [-0.2, 0) is 6.54 Å². The van der Waals surface area contributed by atoms with Crippen molar-refractivity contribution in [2.45, 2.75) is 32.9 Å². The molecule has 2 nitrogen and oxygen atoms in total. The zero-order valence-electron chi connectivity index (χ0n) is 11.2. The number of aryl methyl sites for hydroxylation is 1. The number of nitrogens with zero attached hydrogens (tertiary/aromatic N) is 1. The largest absolute Gasteiger partial charge is 0.309 e. The molecule has 18 heavy (non-hydrogen) atoms. The maximum Gasteiger partial charge on any atom is 0.126 e. The standard InChI is InChI=1S/C14H20ClFN2/c1-10-6-12(15)11(7-13(10)16)8-18-5-4-17-14(2,3)9-18/h6-7,17H,4-5,8-9H2,1-3H3. The Morgan fingerprint density at radius 1 is 1.44 bits per heavy atom. The van der Waals surface area contributed by atoms with Gasteiger partial charge in [-0.1, -0.05) is 11.6 Å². The summed E-state index contributed by atoms with van der Waals surface area (Å²) in [6.45, 7) is 9.67. The third-order valence-electron chi connectivity index (χ3n) is 3.37. The average Bonchev–Trinajstić information content (AvgIpc) is 2.24. The Hall–Kier alpha value is -0.640. The van der Waals surface area contributed by atoms with Crippen LogP contribution < -0.4 is 5.32 Å². The van der Waals surface area contributed by atoms with Gasteiger partial charge in [-0.15, -0.1) is 0 Å². The fourth-order valence-electron chi connectivity index (χ4n) is 2.43. The van der Waals surface area contributed by atoms with Crippen LogP contribution in [0, 0.1) is 12.7 Å². The lowest BCUT2D eigenvalue weighted by molar-refractivity contribution is 0.148. The number of halogens is 2. The van der Waals surface area contributed by atoms with Gasteiger partial charge >= 0.3 is 0 Å². The van der Waals surface area contributed by atoms with Crippen LogP contribution in [0.1, 0.15) is 25.0 Å². The van der Waals surface area contributed by atoms with Crippen LogP contribution in [0.4, 0.5) is 4.39 Å². The summed E-state index contributed by atoms with van der Waals surface area (Å²) in [4.78, 5) is 2.31. The van der Waals surface area contributed by atoms with Crippen molar-refractivity contribution >= 4 is 11.6 Å². The summed E-state index contributed by atoms with van der Waals surface area (Å²) in [7, 11) is 0. The molecule has 1 saturated heterocycles. The highest BCUT2D eigenvalue weighted by Gasteiger charge is 2.25. The summed E-state index contributed by atoms with van der Waals surface area (Å²) in [5, 5.41) is 4.12. The first-order chi connectivity index (χ1) is 8.37. The average molecular weight is 271 g/mol. The predicted octanol–water partition coefficient (Wildman–Crippen LogP) is 2.97. The number of piperazine rings is 1. The molecule has 0 amide bonds. The van der Waals surface area contributed by atoms with Crippen LogP contribution in [0.5, 0.6) is 0 Å². The van der Waals surface area contributed by atoms with E-state index in [1.165, 1.54) is 0 Å². The van der Waals surface area contributed by atoms with Gasteiger partial charge in [0.25, 0.3) is 0 Å². The number of hydrogen-bond donors (Lipinski definition) is 1. The normalized spacial score (nSPS) is 20.1. The molecule has 0 aliphatic carbocycles. The van der Waals surface area contributed by atoms with E-state index in [1.807, 2.05) is 0 Å². The van der Waals surface area contributed by atoms with E-state index in [-0.39, 0.29) is 11.4 Å². The molecule has 1 aliphatic rings. The maximum atomic E-state index is 13.6. The fourth-order valence-corrected chi connectivity index (χ4v) is 2.71. The topological polar surface area (TPSA) is 15.3 Å². The van der Waals surface area contributed by atoms with Crippen molar-refractivity contribution in [1.82, 2.24) is 10.2 Å². The van der Waals surface area contributed by atoms with Crippen LogP contribution in [0.15, 0.2) is 12.1 Å². The highest BCUT2D eigenvalue weighted by atomic mass is 35.5. The van der Waals surface area contributed by atoms with Gasteiger partial charge in [0, 0.05) is 36.7 Å². The van der Waals surface area contributed by atoms with Gasteiger partial charge in [0.05, 0.1) is 0 Å². The van der Waals surface area contributed by atoms with Gasteiger partial charge in [-0.25, -0.2) is 4.39 Å². The van der Waals surface area contributed by atoms with E-state index < -0.39 is 0 Å². The van der Waals surface area contributed by atoms with E-state index in [2.05, 4.69) is 24.1 Å². The molecule has 0 aromatic heterocycles. The summed E-state index contributed by atoms with van der Waals surface area (Å²) in [6.07, 6.45) is 0. The van der Waals surface area contributed by atoms with Gasteiger partial charge in [0.1, 0.15) is 5.82 Å². The SMILES string of the molecule is Cc1cc(Cl)c(CN2CCNC(C)(C)C2)cc1F. The first-order valence-electron chi connectivity index (χ1n) is 6.29. The summed E-state index contributed by atoms with van der Waals surface area (Å²) in [6, 6.07) is 3.27. The van der Waals surface area contributed by atoms with Crippen LogP contribution in [-0.4, -0.2) is 30.1 Å². The van der Waals surface area contributed by atoms with Gasteiger partial charge in [0.15, 0.2) is 0 Å². The predicted molar refractivity (Wildman–Crippen MR) is 73.5 cm³/mol. The second kappa shape index (κ2) is 5.16. The first-order valence-corrected chi connectivity index (χ1v) is 6.67. The molecule has 100 valence electrons. The quantitative estimate of drug-likeness (QED) is 0.889. The maximum absolute atomic E-state index is 13.6. The minimum Gasteiger partial charge on any atom is -0.309 e. The van der Waals surface area contributed by atoms with Crippen molar-refractivity contribution in [2.75, 3.05) is 19.6 Å². The molecule has 1 heterocycles. The number of nitrogens with one attached hydrogen (secondary N) is 1. The number of benzene rings is 1. The van der Waals surface area contributed by atoms with Crippen LogP contribution in [0.25, 0.3) is 0 Å².